The quantitative estimate of drug-likeness (QED) is 0.0405. The fourth-order valence-corrected chi connectivity index (χ4v) is 5.31. The molecular formula is C36H53N9O8. The van der Waals surface area contributed by atoms with Gasteiger partial charge in [0.1, 0.15) is 23.9 Å². The molecule has 0 unspecified atom stereocenters. The van der Waals surface area contributed by atoms with Gasteiger partial charge in [-0.3, -0.25) is 29.4 Å². The maximum atomic E-state index is 13.7. The van der Waals surface area contributed by atoms with Crippen LogP contribution in [0.4, 0.5) is 0 Å². The van der Waals surface area contributed by atoms with Crippen LogP contribution in [0.25, 0.3) is 0 Å². The van der Waals surface area contributed by atoms with Gasteiger partial charge >= 0.3 is 5.97 Å². The number of carboxylic acid groups (broad SMARTS) is 1. The Morgan fingerprint density at radius 1 is 0.792 bits per heavy atom. The first kappa shape index (κ1) is 43.5. The molecule has 0 heterocycles. The summed E-state index contributed by atoms with van der Waals surface area (Å²) < 4.78 is 0. The molecule has 11 N–H and O–H groups in total. The van der Waals surface area contributed by atoms with Gasteiger partial charge in [-0.25, -0.2) is 4.79 Å². The highest BCUT2D eigenvalue weighted by atomic mass is 16.4. The van der Waals surface area contributed by atoms with Gasteiger partial charge in [0, 0.05) is 20.0 Å². The molecule has 0 radical (unpaired) electrons. The number of carboxylic acids is 1. The molecule has 290 valence electrons. The number of guanidine groups is 1. The summed E-state index contributed by atoms with van der Waals surface area (Å²) in [4.78, 5) is 78.9. The SMILES string of the molecule is CN[C@@H](Cc1ccc(O)cc1)C(=O)N(C)CC(=O)NCC(=O)N[C@@H](Cc1ccccc1)C(=O)N[C@@H](CC(C)C)C(=O)N[C@@H](CCCNC(=N)N)C(=O)O. The summed E-state index contributed by atoms with van der Waals surface area (Å²) >= 11 is 0. The Labute approximate surface area is 309 Å². The van der Waals surface area contributed by atoms with Gasteiger partial charge in [-0.2, -0.15) is 0 Å². The molecule has 0 aromatic heterocycles. The Morgan fingerprint density at radius 3 is 1.96 bits per heavy atom. The van der Waals surface area contributed by atoms with E-state index in [0.717, 1.165) is 5.56 Å². The average Bonchev–Trinajstić information content (AvgIpc) is 3.10. The Balaban J connectivity index is 2.07. The number of benzene rings is 2. The van der Waals surface area contributed by atoms with E-state index < -0.39 is 60.3 Å². The van der Waals surface area contributed by atoms with Crippen molar-refractivity contribution in [3.05, 3.63) is 65.7 Å². The predicted molar refractivity (Wildman–Crippen MR) is 197 cm³/mol. The second kappa shape index (κ2) is 22.3. The summed E-state index contributed by atoms with van der Waals surface area (Å²) in [5.41, 5.74) is 6.77. The summed E-state index contributed by atoms with van der Waals surface area (Å²) in [7, 11) is 3.07. The van der Waals surface area contributed by atoms with Crippen molar-refractivity contribution >= 4 is 41.5 Å². The van der Waals surface area contributed by atoms with Crippen molar-refractivity contribution in [1.82, 2.24) is 36.8 Å². The topological polar surface area (TPSA) is 268 Å². The van der Waals surface area contributed by atoms with E-state index in [2.05, 4.69) is 31.9 Å². The largest absolute Gasteiger partial charge is 0.508 e. The number of carbonyl (C=O) groups excluding carboxylic acids is 5. The molecule has 0 fully saturated rings. The van der Waals surface area contributed by atoms with Crippen LogP contribution >= 0.6 is 0 Å². The molecule has 0 bridgehead atoms. The third kappa shape index (κ3) is 16.5. The number of nitrogens with zero attached hydrogens (tertiary/aromatic N) is 1. The fraction of sp³-hybridized carbons (Fsp3) is 0.472. The van der Waals surface area contributed by atoms with Gasteiger partial charge in [0.2, 0.25) is 29.5 Å². The minimum absolute atomic E-state index is 0.0436. The molecule has 0 aliphatic rings. The lowest BCUT2D eigenvalue weighted by Gasteiger charge is -2.26. The number of aromatic hydroxyl groups is 1. The van der Waals surface area contributed by atoms with Crippen LogP contribution in [0.3, 0.4) is 0 Å². The summed E-state index contributed by atoms with van der Waals surface area (Å²) in [5, 5.41) is 42.2. The fourth-order valence-electron chi connectivity index (χ4n) is 5.31. The van der Waals surface area contributed by atoms with Gasteiger partial charge in [-0.15, -0.1) is 0 Å². The second-order valence-electron chi connectivity index (χ2n) is 13.1. The van der Waals surface area contributed by atoms with Gasteiger partial charge < -0.3 is 52.7 Å². The van der Waals surface area contributed by atoms with E-state index in [4.69, 9.17) is 11.1 Å². The number of phenolic OH excluding ortho intramolecular Hbond substituents is 1. The van der Waals surface area contributed by atoms with E-state index in [1.807, 2.05) is 13.8 Å². The van der Waals surface area contributed by atoms with Crippen molar-refractivity contribution in [1.29, 1.82) is 5.41 Å². The molecule has 17 nitrogen and oxygen atoms in total. The number of phenols is 1. The molecule has 0 spiro atoms. The number of aliphatic carboxylic acids is 1. The van der Waals surface area contributed by atoms with Crippen molar-refractivity contribution in [2.75, 3.05) is 33.7 Å². The van der Waals surface area contributed by atoms with Crippen molar-refractivity contribution in [3.63, 3.8) is 0 Å². The Bertz CT molecular complexity index is 1540. The van der Waals surface area contributed by atoms with Crippen LogP contribution in [0, 0.1) is 11.3 Å². The van der Waals surface area contributed by atoms with Gasteiger partial charge in [0.15, 0.2) is 5.96 Å². The smallest absolute Gasteiger partial charge is 0.326 e. The number of rotatable bonds is 22. The van der Waals surface area contributed by atoms with Crippen LogP contribution in [0.15, 0.2) is 54.6 Å². The minimum atomic E-state index is -1.27. The van der Waals surface area contributed by atoms with Gasteiger partial charge in [0.25, 0.3) is 0 Å². The number of hydrogen-bond donors (Lipinski definition) is 10. The Hall–Kier alpha value is -5.71. The van der Waals surface area contributed by atoms with Crippen LogP contribution in [0.5, 0.6) is 5.75 Å². The highest BCUT2D eigenvalue weighted by molar-refractivity contribution is 5.94. The van der Waals surface area contributed by atoms with Crippen LogP contribution < -0.4 is 37.6 Å². The number of nitrogens with one attached hydrogen (secondary N) is 7. The van der Waals surface area contributed by atoms with Crippen LogP contribution in [-0.4, -0.2) is 114 Å². The lowest BCUT2D eigenvalue weighted by atomic mass is 10.0. The standard InChI is InChI=1S/C36H53N9O8/c1-22(2)17-27(32(49)43-26(35(52)53)11-8-16-40-36(37)38)44-33(50)28(18-23-9-6-5-7-10-23)42-30(47)20-41-31(48)21-45(4)34(51)29(39-3)19-24-12-14-25(46)15-13-24/h5-7,9-10,12-15,22,26-29,39,46H,8,11,16-21H2,1-4H3,(H,41,48)(H,42,47)(H,43,49)(H,44,50)(H,52,53)(H4,37,38,40)/t26-,27-,28-,29-/m0/s1. The van der Waals surface area contributed by atoms with E-state index in [1.54, 1.807) is 49.5 Å². The first-order valence-corrected chi connectivity index (χ1v) is 17.3. The molecule has 53 heavy (non-hydrogen) atoms. The molecule has 2 aromatic carbocycles. The molecule has 0 saturated heterocycles. The van der Waals surface area contributed by atoms with Gasteiger partial charge in [0.05, 0.1) is 19.1 Å². The summed E-state index contributed by atoms with van der Waals surface area (Å²) in [6.45, 7) is 3.05. The molecule has 5 amide bonds. The summed E-state index contributed by atoms with van der Waals surface area (Å²) in [6, 6.07) is 11.1. The molecule has 2 rings (SSSR count). The number of likely N-dealkylation sites (N-methyl/N-ethyl adjacent to an activating group) is 2. The number of hydrogen-bond acceptors (Lipinski definition) is 9. The lowest BCUT2D eigenvalue weighted by Crippen LogP contribution is -2.57. The van der Waals surface area contributed by atoms with Crippen LogP contribution in [0.2, 0.25) is 0 Å². The molecule has 0 aliphatic heterocycles. The lowest BCUT2D eigenvalue weighted by molar-refractivity contribution is -0.142. The third-order valence-corrected chi connectivity index (χ3v) is 8.10. The van der Waals surface area contributed by atoms with Crippen molar-refractivity contribution in [2.45, 2.75) is 70.1 Å². The maximum absolute atomic E-state index is 13.7. The van der Waals surface area contributed by atoms with E-state index in [9.17, 15) is 39.0 Å². The highest BCUT2D eigenvalue weighted by Gasteiger charge is 2.30. The Kier molecular flexibility index (Phi) is 18.3. The zero-order valence-corrected chi connectivity index (χ0v) is 30.6. The number of carbonyl (C=O) groups is 6. The average molecular weight is 740 g/mol. The molecule has 17 heteroatoms. The first-order valence-electron chi connectivity index (χ1n) is 17.3. The molecular weight excluding hydrogens is 686 g/mol. The third-order valence-electron chi connectivity index (χ3n) is 8.10. The van der Waals surface area contributed by atoms with Gasteiger partial charge in [-0.05, 0) is 61.9 Å². The monoisotopic (exact) mass is 739 g/mol. The molecule has 4 atom stereocenters. The van der Waals surface area contributed by atoms with E-state index in [-0.39, 0.29) is 55.9 Å². The molecule has 2 aromatic rings. The first-order chi connectivity index (χ1) is 25.1. The number of nitrogens with two attached hydrogens (primary N) is 1. The molecule has 0 aliphatic carbocycles. The zero-order chi connectivity index (χ0) is 39.5. The number of amides is 5. The zero-order valence-electron chi connectivity index (χ0n) is 30.6. The molecule has 0 saturated carbocycles. The van der Waals surface area contributed by atoms with Crippen molar-refractivity contribution in [3.8, 4) is 5.75 Å². The van der Waals surface area contributed by atoms with E-state index in [0.29, 0.717) is 18.4 Å². The minimum Gasteiger partial charge on any atom is -0.508 e. The highest BCUT2D eigenvalue weighted by Crippen LogP contribution is 2.13. The second-order valence-corrected chi connectivity index (χ2v) is 13.1. The van der Waals surface area contributed by atoms with Crippen LogP contribution in [0.1, 0.15) is 44.2 Å². The van der Waals surface area contributed by atoms with E-state index >= 15 is 0 Å². The normalized spacial score (nSPS) is 13.1. The Morgan fingerprint density at radius 2 is 1.38 bits per heavy atom. The van der Waals surface area contributed by atoms with E-state index in [1.165, 1.54) is 24.1 Å². The van der Waals surface area contributed by atoms with Gasteiger partial charge in [-0.1, -0.05) is 56.3 Å². The van der Waals surface area contributed by atoms with Crippen molar-refractivity contribution in [2.24, 2.45) is 11.7 Å². The van der Waals surface area contributed by atoms with Crippen LogP contribution in [-0.2, 0) is 41.6 Å². The predicted octanol–water partition coefficient (Wildman–Crippen LogP) is -0.812. The maximum Gasteiger partial charge on any atom is 0.326 e. The summed E-state index contributed by atoms with van der Waals surface area (Å²) in [6.07, 6.45) is 0.876. The summed E-state index contributed by atoms with van der Waals surface area (Å²) in [5.74, 6) is -4.57. The van der Waals surface area contributed by atoms with Crippen molar-refractivity contribution < 1.29 is 39.0 Å².